The van der Waals surface area contributed by atoms with Gasteiger partial charge in [-0.1, -0.05) is 0 Å². The molecule has 0 unspecified atom stereocenters. The lowest BCUT2D eigenvalue weighted by Crippen LogP contribution is -2.61. The molecule has 19 heteroatoms. The highest BCUT2D eigenvalue weighted by molar-refractivity contribution is 5.92. The molecule has 0 spiro atoms. The number of methoxy groups -OCH3 is 1. The van der Waals surface area contributed by atoms with Crippen LogP contribution in [0.5, 0.6) is 11.5 Å². The second-order valence-corrected chi connectivity index (χ2v) is 10.2. The maximum Gasteiger partial charge on any atom is 0.460 e. The summed E-state index contributed by atoms with van der Waals surface area (Å²) in [5.74, 6) is -28.5. The largest absolute Gasteiger partial charge is 0.491 e. The zero-order valence-electron chi connectivity index (χ0n) is 22.8. The SMILES string of the molecule is COc1c(NC(=O)OC(C)(C)C)cc(NC(=O)OC(C)(C)C)cc1OC(F)=C(F)C(F)(F)C(F)(F)C(F)(F)C(F)(F)F. The summed E-state index contributed by atoms with van der Waals surface area (Å²) in [6.07, 6.45) is -9.77. The van der Waals surface area contributed by atoms with Gasteiger partial charge in [-0.3, -0.25) is 10.6 Å². The zero-order chi connectivity index (χ0) is 33.3. The van der Waals surface area contributed by atoms with Gasteiger partial charge in [-0.25, -0.2) is 9.59 Å². The predicted molar refractivity (Wildman–Crippen MR) is 123 cm³/mol. The van der Waals surface area contributed by atoms with E-state index in [1.54, 1.807) is 0 Å². The maximum absolute atomic E-state index is 14.4. The molecule has 1 aromatic carbocycles. The molecule has 1 rings (SSSR count). The van der Waals surface area contributed by atoms with E-state index in [1.165, 1.54) is 41.5 Å². The van der Waals surface area contributed by atoms with E-state index in [0.717, 1.165) is 13.2 Å². The molecule has 2 N–H and O–H groups in total. The number of hydrogen-bond donors (Lipinski definition) is 2. The van der Waals surface area contributed by atoms with Crippen LogP contribution in [-0.4, -0.2) is 54.4 Å². The quantitative estimate of drug-likeness (QED) is 0.221. The Hall–Kier alpha value is -3.67. The van der Waals surface area contributed by atoms with Crippen molar-refractivity contribution in [3.63, 3.8) is 0 Å². The number of ether oxygens (including phenoxy) is 4. The minimum atomic E-state index is -7.54. The molecule has 0 aromatic heterocycles. The van der Waals surface area contributed by atoms with E-state index in [-0.39, 0.29) is 0 Å². The lowest BCUT2D eigenvalue weighted by Gasteiger charge is -2.32. The minimum Gasteiger partial charge on any atom is -0.491 e. The molecule has 0 saturated carbocycles. The standard InChI is InChI=1S/C23H25F11N2O6/c1-18(2,3)41-16(37)35-10-8-11(36-17(38)42-19(4,5)6)13(39-7)12(9-10)40-15(25)14(24)20(26,27)21(28,29)22(30,31)23(32,33)34/h8-9H,1-7H3,(H,35,37)(H,36,38). The van der Waals surface area contributed by atoms with Crippen LogP contribution in [0.25, 0.3) is 0 Å². The van der Waals surface area contributed by atoms with Crippen LogP contribution in [0.15, 0.2) is 24.0 Å². The average Bonchev–Trinajstić information content (AvgIpc) is 2.74. The number of hydrogen-bond acceptors (Lipinski definition) is 6. The highest BCUT2D eigenvalue weighted by Crippen LogP contribution is 2.56. The van der Waals surface area contributed by atoms with Gasteiger partial charge in [0.15, 0.2) is 11.5 Å². The topological polar surface area (TPSA) is 95.1 Å². The average molecular weight is 634 g/mol. The monoisotopic (exact) mass is 634 g/mol. The fourth-order valence-electron chi connectivity index (χ4n) is 2.67. The number of alkyl halides is 9. The summed E-state index contributed by atoms with van der Waals surface area (Å²) >= 11 is 0. The highest BCUT2D eigenvalue weighted by atomic mass is 19.4. The molecule has 0 aliphatic carbocycles. The zero-order valence-corrected chi connectivity index (χ0v) is 22.8. The van der Waals surface area contributed by atoms with Crippen molar-refractivity contribution >= 4 is 23.6 Å². The van der Waals surface area contributed by atoms with Crippen LogP contribution in [0.2, 0.25) is 0 Å². The first-order valence-electron chi connectivity index (χ1n) is 11.2. The molecule has 0 atom stereocenters. The molecular weight excluding hydrogens is 609 g/mol. The first-order chi connectivity index (χ1) is 18.6. The highest BCUT2D eigenvalue weighted by Gasteiger charge is 2.83. The van der Waals surface area contributed by atoms with Gasteiger partial charge >= 0.3 is 42.1 Å². The predicted octanol–water partition coefficient (Wildman–Crippen LogP) is 8.34. The molecule has 0 aliphatic rings. The Kier molecular flexibility index (Phi) is 10.3. The third kappa shape index (κ3) is 8.43. The van der Waals surface area contributed by atoms with Crippen molar-refractivity contribution < 1.29 is 76.8 Å². The van der Waals surface area contributed by atoms with Gasteiger partial charge in [-0.15, -0.1) is 0 Å². The Morgan fingerprint density at radius 2 is 1.17 bits per heavy atom. The molecule has 240 valence electrons. The number of carbonyl (C=O) groups excluding carboxylic acids is 2. The first-order valence-corrected chi connectivity index (χ1v) is 11.2. The number of allylic oxidation sites excluding steroid dienone is 1. The molecule has 1 aromatic rings. The summed E-state index contributed by atoms with van der Waals surface area (Å²) in [5.41, 5.74) is -3.37. The van der Waals surface area contributed by atoms with Gasteiger partial charge in [0.25, 0.3) is 0 Å². The summed E-state index contributed by atoms with van der Waals surface area (Å²) in [6.45, 7) is 8.60. The number of carbonyl (C=O) groups is 2. The van der Waals surface area contributed by atoms with Crippen molar-refractivity contribution in [2.24, 2.45) is 0 Å². The van der Waals surface area contributed by atoms with Gasteiger partial charge in [0.05, 0.1) is 18.5 Å². The van der Waals surface area contributed by atoms with Gasteiger partial charge in [0.1, 0.15) is 11.2 Å². The van der Waals surface area contributed by atoms with E-state index in [4.69, 9.17) is 14.2 Å². The molecular formula is C23H25F11N2O6. The van der Waals surface area contributed by atoms with Crippen molar-refractivity contribution in [1.82, 2.24) is 0 Å². The van der Waals surface area contributed by atoms with Gasteiger partial charge in [0.2, 0.25) is 5.83 Å². The molecule has 2 amide bonds. The molecule has 0 saturated heterocycles. The van der Waals surface area contributed by atoms with Crippen molar-refractivity contribution in [3.05, 3.63) is 24.0 Å². The minimum absolute atomic E-state index is 0.483. The second-order valence-electron chi connectivity index (χ2n) is 10.2. The van der Waals surface area contributed by atoms with Crippen LogP contribution in [0.4, 0.5) is 69.3 Å². The molecule has 42 heavy (non-hydrogen) atoms. The molecule has 0 aliphatic heterocycles. The Morgan fingerprint density at radius 1 is 0.714 bits per heavy atom. The number of benzene rings is 1. The molecule has 8 nitrogen and oxygen atoms in total. The lowest BCUT2D eigenvalue weighted by atomic mass is 10.0. The Morgan fingerprint density at radius 3 is 1.57 bits per heavy atom. The molecule has 0 heterocycles. The van der Waals surface area contributed by atoms with E-state index < -0.39 is 82.0 Å². The second kappa shape index (κ2) is 11.9. The third-order valence-electron chi connectivity index (χ3n) is 4.33. The Labute approximate surface area is 231 Å². The lowest BCUT2D eigenvalue weighted by molar-refractivity contribution is -0.392. The van der Waals surface area contributed by atoms with Crippen molar-refractivity contribution in [1.29, 1.82) is 0 Å². The third-order valence-corrected chi connectivity index (χ3v) is 4.33. The number of halogens is 11. The summed E-state index contributed by atoms with van der Waals surface area (Å²) in [4.78, 5) is 24.4. The fraction of sp³-hybridized carbons (Fsp3) is 0.565. The van der Waals surface area contributed by atoms with Crippen LogP contribution in [0.3, 0.4) is 0 Å². The number of amides is 2. The van der Waals surface area contributed by atoms with Crippen molar-refractivity contribution in [2.75, 3.05) is 17.7 Å². The summed E-state index contributed by atoms with van der Waals surface area (Å²) in [6, 6.07) is -2.06. The van der Waals surface area contributed by atoms with E-state index in [9.17, 15) is 57.9 Å². The van der Waals surface area contributed by atoms with Gasteiger partial charge < -0.3 is 18.9 Å². The van der Waals surface area contributed by atoms with Crippen LogP contribution in [-0.2, 0) is 9.47 Å². The van der Waals surface area contributed by atoms with Crippen LogP contribution in [0.1, 0.15) is 41.5 Å². The maximum atomic E-state index is 14.4. The van der Waals surface area contributed by atoms with Gasteiger partial charge in [-0.05, 0) is 47.6 Å². The smallest absolute Gasteiger partial charge is 0.460 e. The Balaban J connectivity index is 3.72. The first kappa shape index (κ1) is 36.4. The van der Waals surface area contributed by atoms with Gasteiger partial charge in [0, 0.05) is 6.07 Å². The van der Waals surface area contributed by atoms with Gasteiger partial charge in [-0.2, -0.15) is 48.3 Å². The fourth-order valence-corrected chi connectivity index (χ4v) is 2.67. The van der Waals surface area contributed by atoms with E-state index >= 15 is 0 Å². The summed E-state index contributed by atoms with van der Waals surface area (Å²) < 4.78 is 166. The Bertz CT molecular complexity index is 1200. The molecule has 0 radical (unpaired) electrons. The molecule has 0 fully saturated rings. The van der Waals surface area contributed by atoms with E-state index in [1.807, 2.05) is 10.6 Å². The normalized spacial score (nSPS) is 14.0. The number of anilines is 2. The van der Waals surface area contributed by atoms with Crippen molar-refractivity contribution in [2.45, 2.75) is 76.7 Å². The van der Waals surface area contributed by atoms with E-state index in [0.29, 0.717) is 6.07 Å². The van der Waals surface area contributed by atoms with Crippen LogP contribution < -0.4 is 20.1 Å². The number of rotatable bonds is 8. The van der Waals surface area contributed by atoms with E-state index in [2.05, 4.69) is 4.74 Å². The van der Waals surface area contributed by atoms with Crippen LogP contribution >= 0.6 is 0 Å². The summed E-state index contributed by atoms with van der Waals surface area (Å²) in [7, 11) is 0.786. The molecule has 0 bridgehead atoms. The number of nitrogens with one attached hydrogen (secondary N) is 2. The van der Waals surface area contributed by atoms with Crippen molar-refractivity contribution in [3.8, 4) is 11.5 Å². The summed E-state index contributed by atoms with van der Waals surface area (Å²) in [5, 5.41) is 4.06. The van der Waals surface area contributed by atoms with Crippen LogP contribution in [0, 0.1) is 0 Å².